The fourth-order valence-corrected chi connectivity index (χ4v) is 3.70. The summed E-state index contributed by atoms with van der Waals surface area (Å²) in [4.78, 5) is 13.1. The van der Waals surface area contributed by atoms with E-state index in [0.29, 0.717) is 19.5 Å². The van der Waals surface area contributed by atoms with E-state index in [2.05, 4.69) is 30.0 Å². The van der Waals surface area contributed by atoms with Crippen molar-refractivity contribution in [2.75, 3.05) is 20.1 Å². The van der Waals surface area contributed by atoms with Crippen molar-refractivity contribution in [3.8, 4) is 0 Å². The van der Waals surface area contributed by atoms with Crippen molar-refractivity contribution in [1.29, 1.82) is 0 Å². The lowest BCUT2D eigenvalue weighted by Gasteiger charge is -2.27. The Bertz CT molecular complexity index is 601. The van der Waals surface area contributed by atoms with Crippen LogP contribution in [0.3, 0.4) is 0 Å². The summed E-state index contributed by atoms with van der Waals surface area (Å²) in [5, 5.41) is 10.1. The topological polar surface area (TPSA) is 60.9 Å². The standard InChI is InChI=1S/C15H23FN6S/c1-3-13-18-14(20-19-13)9-21(2)8-12-6-11(16)7-22(12)10-15-17-4-5-23-15/h4-5,11-12H,3,6-10H2,1-2H3,(H,18,19,20)/t11-,12-/m0/s1. The van der Waals surface area contributed by atoms with Gasteiger partial charge in [0.25, 0.3) is 0 Å². The van der Waals surface area contributed by atoms with Gasteiger partial charge in [0.05, 0.1) is 13.1 Å². The highest BCUT2D eigenvalue weighted by atomic mass is 32.1. The maximum Gasteiger partial charge on any atom is 0.150 e. The van der Waals surface area contributed by atoms with E-state index in [1.807, 2.05) is 19.4 Å². The first-order chi connectivity index (χ1) is 11.1. The van der Waals surface area contributed by atoms with Gasteiger partial charge in [0, 0.05) is 37.1 Å². The third-order valence-electron chi connectivity index (χ3n) is 4.14. The fraction of sp³-hybridized carbons (Fsp3) is 0.667. The zero-order chi connectivity index (χ0) is 16.2. The number of likely N-dealkylation sites (tertiary alicyclic amines) is 1. The van der Waals surface area contributed by atoms with Crippen LogP contribution in [0.2, 0.25) is 0 Å². The van der Waals surface area contributed by atoms with Gasteiger partial charge >= 0.3 is 0 Å². The molecular formula is C15H23FN6S. The Morgan fingerprint density at radius 1 is 1.52 bits per heavy atom. The summed E-state index contributed by atoms with van der Waals surface area (Å²) in [6.45, 7) is 4.78. The van der Waals surface area contributed by atoms with Gasteiger partial charge in [-0.05, 0) is 13.5 Å². The lowest BCUT2D eigenvalue weighted by Crippen LogP contribution is -2.38. The molecule has 0 spiro atoms. The molecule has 2 atom stereocenters. The van der Waals surface area contributed by atoms with Crippen LogP contribution in [-0.2, 0) is 19.5 Å². The van der Waals surface area contributed by atoms with Gasteiger partial charge in [0.1, 0.15) is 22.8 Å². The van der Waals surface area contributed by atoms with Crippen molar-refractivity contribution in [1.82, 2.24) is 30.0 Å². The van der Waals surface area contributed by atoms with Crippen LogP contribution in [0.25, 0.3) is 0 Å². The van der Waals surface area contributed by atoms with Gasteiger partial charge in [-0.25, -0.2) is 14.4 Å². The van der Waals surface area contributed by atoms with Gasteiger partial charge in [0.15, 0.2) is 0 Å². The summed E-state index contributed by atoms with van der Waals surface area (Å²) in [7, 11) is 2.04. The number of thiazole rings is 1. The van der Waals surface area contributed by atoms with Crippen molar-refractivity contribution in [2.24, 2.45) is 0 Å². The third-order valence-corrected chi connectivity index (χ3v) is 4.90. The van der Waals surface area contributed by atoms with E-state index in [1.165, 1.54) is 0 Å². The van der Waals surface area contributed by atoms with Crippen LogP contribution in [-0.4, -0.2) is 62.3 Å². The van der Waals surface area contributed by atoms with E-state index in [9.17, 15) is 4.39 Å². The number of hydrogen-bond donors (Lipinski definition) is 1. The summed E-state index contributed by atoms with van der Waals surface area (Å²) in [6.07, 6.45) is 2.48. The monoisotopic (exact) mass is 338 g/mol. The molecule has 126 valence electrons. The minimum atomic E-state index is -0.745. The average molecular weight is 338 g/mol. The second-order valence-corrected chi connectivity index (χ2v) is 7.07. The molecule has 0 saturated carbocycles. The van der Waals surface area contributed by atoms with Crippen molar-refractivity contribution in [2.45, 2.75) is 45.1 Å². The number of aromatic nitrogens is 4. The van der Waals surface area contributed by atoms with Gasteiger partial charge in [-0.2, -0.15) is 5.10 Å². The molecule has 1 aliphatic heterocycles. The maximum absolute atomic E-state index is 13.9. The van der Waals surface area contributed by atoms with Gasteiger partial charge in [-0.1, -0.05) is 6.92 Å². The molecule has 23 heavy (non-hydrogen) atoms. The van der Waals surface area contributed by atoms with E-state index in [0.717, 1.165) is 36.2 Å². The van der Waals surface area contributed by atoms with E-state index in [4.69, 9.17) is 0 Å². The van der Waals surface area contributed by atoms with E-state index in [-0.39, 0.29) is 6.04 Å². The number of hydrogen-bond acceptors (Lipinski definition) is 6. The quantitative estimate of drug-likeness (QED) is 0.835. The Balaban J connectivity index is 1.56. The molecular weight excluding hydrogens is 315 g/mol. The van der Waals surface area contributed by atoms with Crippen LogP contribution in [0.15, 0.2) is 11.6 Å². The molecule has 6 nitrogen and oxygen atoms in total. The molecule has 0 radical (unpaired) electrons. The molecule has 0 unspecified atom stereocenters. The van der Waals surface area contributed by atoms with E-state index in [1.54, 1.807) is 17.5 Å². The largest absolute Gasteiger partial charge is 0.297 e. The summed E-state index contributed by atoms with van der Waals surface area (Å²) < 4.78 is 13.9. The first-order valence-electron chi connectivity index (χ1n) is 7.99. The molecule has 1 saturated heterocycles. The molecule has 0 amide bonds. The molecule has 0 aliphatic carbocycles. The van der Waals surface area contributed by atoms with Gasteiger partial charge in [-0.3, -0.25) is 14.9 Å². The van der Waals surface area contributed by atoms with Gasteiger partial charge in [-0.15, -0.1) is 11.3 Å². The predicted molar refractivity (Wildman–Crippen MR) is 87.9 cm³/mol. The van der Waals surface area contributed by atoms with Crippen LogP contribution in [0.4, 0.5) is 4.39 Å². The third kappa shape index (κ3) is 4.33. The molecule has 2 aromatic heterocycles. The fourth-order valence-electron chi connectivity index (χ4n) is 3.05. The highest BCUT2D eigenvalue weighted by Gasteiger charge is 2.33. The number of halogens is 1. The van der Waals surface area contributed by atoms with Gasteiger partial charge in [0.2, 0.25) is 0 Å². The Morgan fingerprint density at radius 3 is 3.09 bits per heavy atom. The minimum Gasteiger partial charge on any atom is -0.297 e. The SMILES string of the molecule is CCc1n[nH]c(CN(C)C[C@@H]2C[C@H](F)CN2Cc2nccs2)n1. The zero-order valence-corrected chi connectivity index (χ0v) is 14.4. The number of aromatic amines is 1. The Labute approximate surface area is 139 Å². The summed E-state index contributed by atoms with van der Waals surface area (Å²) in [5.41, 5.74) is 0. The van der Waals surface area contributed by atoms with Crippen LogP contribution in [0, 0.1) is 0 Å². The predicted octanol–water partition coefficient (Wildman–Crippen LogP) is 1.87. The van der Waals surface area contributed by atoms with Crippen LogP contribution < -0.4 is 0 Å². The van der Waals surface area contributed by atoms with Crippen molar-refractivity contribution in [3.63, 3.8) is 0 Å². The van der Waals surface area contributed by atoms with E-state index < -0.39 is 6.17 Å². The summed E-state index contributed by atoms with van der Waals surface area (Å²) in [6, 6.07) is 0.215. The molecule has 3 rings (SSSR count). The normalized spacial score (nSPS) is 22.3. The molecule has 1 fully saturated rings. The number of nitrogens with one attached hydrogen (secondary N) is 1. The molecule has 0 bridgehead atoms. The Kier molecular flexibility index (Phi) is 5.34. The highest BCUT2D eigenvalue weighted by Crippen LogP contribution is 2.24. The molecule has 1 N–H and O–H groups in total. The van der Waals surface area contributed by atoms with Crippen molar-refractivity contribution >= 4 is 11.3 Å². The first kappa shape index (κ1) is 16.5. The molecule has 3 heterocycles. The Morgan fingerprint density at radius 2 is 2.39 bits per heavy atom. The van der Waals surface area contributed by atoms with Gasteiger partial charge < -0.3 is 0 Å². The average Bonchev–Trinajstić information content (AvgIpc) is 3.22. The number of nitrogens with zero attached hydrogens (tertiary/aromatic N) is 5. The van der Waals surface area contributed by atoms with Crippen LogP contribution in [0.1, 0.15) is 30.0 Å². The number of alkyl halides is 1. The van der Waals surface area contributed by atoms with Crippen molar-refractivity contribution in [3.05, 3.63) is 28.2 Å². The number of rotatable bonds is 7. The molecule has 1 aliphatic rings. The minimum absolute atomic E-state index is 0.215. The number of aryl methyl sites for hydroxylation is 1. The van der Waals surface area contributed by atoms with E-state index >= 15 is 0 Å². The lowest BCUT2D eigenvalue weighted by molar-refractivity contribution is 0.178. The van der Waals surface area contributed by atoms with Crippen LogP contribution >= 0.6 is 11.3 Å². The second kappa shape index (κ2) is 7.46. The highest BCUT2D eigenvalue weighted by molar-refractivity contribution is 7.09. The Hall–Kier alpha value is -1.38. The number of H-pyrrole nitrogens is 1. The molecule has 0 aromatic carbocycles. The summed E-state index contributed by atoms with van der Waals surface area (Å²) >= 11 is 1.63. The first-order valence-corrected chi connectivity index (χ1v) is 8.87. The number of likely N-dealkylation sites (N-methyl/N-ethyl adjacent to an activating group) is 1. The van der Waals surface area contributed by atoms with Crippen molar-refractivity contribution < 1.29 is 4.39 Å². The lowest BCUT2D eigenvalue weighted by atomic mass is 10.2. The molecule has 2 aromatic rings. The maximum atomic E-state index is 13.9. The summed E-state index contributed by atoms with van der Waals surface area (Å²) in [5.74, 6) is 1.70. The smallest absolute Gasteiger partial charge is 0.150 e. The van der Waals surface area contributed by atoms with Crippen LogP contribution in [0.5, 0.6) is 0 Å². The second-order valence-electron chi connectivity index (χ2n) is 6.09. The molecule has 8 heteroatoms. The zero-order valence-electron chi connectivity index (χ0n) is 13.6.